The number of pyridine rings is 1. The van der Waals surface area contributed by atoms with Crippen LogP contribution < -0.4 is 10.1 Å². The summed E-state index contributed by atoms with van der Waals surface area (Å²) in [5.41, 5.74) is 1.06. The molecule has 1 aliphatic carbocycles. The topological polar surface area (TPSA) is 68.3 Å². The molecule has 0 atom stereocenters. The van der Waals surface area contributed by atoms with Crippen molar-refractivity contribution < 1.29 is 18.7 Å². The number of halogens is 2. The number of nitrogens with one attached hydrogen (secondary N) is 1. The highest BCUT2D eigenvalue weighted by atomic mass is 35.5. The predicted molar refractivity (Wildman–Crippen MR) is 141 cm³/mol. The third-order valence-corrected chi connectivity index (χ3v) is 6.96. The Morgan fingerprint density at radius 3 is 2.54 bits per heavy atom. The van der Waals surface area contributed by atoms with Crippen molar-refractivity contribution in [1.29, 1.82) is 0 Å². The fourth-order valence-corrected chi connectivity index (χ4v) is 4.38. The van der Waals surface area contributed by atoms with Crippen molar-refractivity contribution in [3.63, 3.8) is 0 Å². The second-order valence-corrected chi connectivity index (χ2v) is 10.2. The summed E-state index contributed by atoms with van der Waals surface area (Å²) in [6.07, 6.45) is 10.3. The standard InChI is InChI=1S/C15H14FNO2S.C12H22ClNO/c1-9-4-5-12(20-3)7-14(9)19-15-13(10(2)18)6-11(16)8-17-15;1-10-5-7-11(8-6-10)14-12(15)4-2-3-9-13/h4-8H,1-3H3;10-11H,2-9H2,1H3,(H,14,15). The summed E-state index contributed by atoms with van der Waals surface area (Å²) in [6.45, 7) is 5.55. The number of ketones is 1. The first-order valence-corrected chi connectivity index (χ1v) is 13.8. The van der Waals surface area contributed by atoms with Crippen LogP contribution >= 0.6 is 23.4 Å². The van der Waals surface area contributed by atoms with Crippen molar-refractivity contribution in [2.24, 2.45) is 5.92 Å². The van der Waals surface area contributed by atoms with Gasteiger partial charge in [0.15, 0.2) is 5.78 Å². The van der Waals surface area contributed by atoms with E-state index in [1.54, 1.807) is 11.8 Å². The van der Waals surface area contributed by atoms with E-state index in [4.69, 9.17) is 16.3 Å². The molecule has 0 bridgehead atoms. The molecule has 5 nitrogen and oxygen atoms in total. The summed E-state index contributed by atoms with van der Waals surface area (Å²) >= 11 is 7.15. The molecule has 2 aromatic rings. The van der Waals surface area contributed by atoms with Crippen LogP contribution in [0.25, 0.3) is 0 Å². The Kier molecular flexibility index (Phi) is 12.6. The Balaban J connectivity index is 0.000000258. The van der Waals surface area contributed by atoms with Crippen LogP contribution in [0.1, 0.15) is 74.7 Å². The normalized spacial score (nSPS) is 17.2. The molecule has 1 heterocycles. The van der Waals surface area contributed by atoms with Crippen LogP contribution in [0, 0.1) is 18.7 Å². The zero-order valence-corrected chi connectivity index (χ0v) is 22.6. The van der Waals surface area contributed by atoms with E-state index in [1.807, 2.05) is 31.4 Å². The number of carbonyl (C=O) groups excluding carboxylic acids is 2. The molecule has 1 aromatic carbocycles. The lowest BCUT2D eigenvalue weighted by atomic mass is 9.87. The molecule has 1 saturated carbocycles. The maximum atomic E-state index is 13.2. The summed E-state index contributed by atoms with van der Waals surface area (Å²) in [6, 6.07) is 7.35. The Hall–Kier alpha value is -2.12. The highest BCUT2D eigenvalue weighted by molar-refractivity contribution is 7.98. The smallest absolute Gasteiger partial charge is 0.230 e. The first kappa shape index (κ1) is 29.1. The van der Waals surface area contributed by atoms with E-state index >= 15 is 0 Å². The average Bonchev–Trinajstić information content (AvgIpc) is 2.83. The van der Waals surface area contributed by atoms with Crippen LogP contribution in [0.2, 0.25) is 0 Å². The minimum atomic E-state index is -0.558. The maximum Gasteiger partial charge on any atom is 0.230 e. The number of unbranched alkanes of at least 4 members (excludes halogenated alkanes) is 1. The van der Waals surface area contributed by atoms with Crippen LogP contribution in [0.5, 0.6) is 11.6 Å². The van der Waals surface area contributed by atoms with E-state index in [9.17, 15) is 14.0 Å². The van der Waals surface area contributed by atoms with Gasteiger partial charge in [-0.25, -0.2) is 9.37 Å². The minimum absolute atomic E-state index is 0.125. The van der Waals surface area contributed by atoms with Crippen LogP contribution in [0.3, 0.4) is 0 Å². The van der Waals surface area contributed by atoms with Crippen molar-refractivity contribution >= 4 is 35.1 Å². The third kappa shape index (κ3) is 10.2. The molecule has 0 saturated heterocycles. The summed E-state index contributed by atoms with van der Waals surface area (Å²) in [5, 5.41) is 3.12. The number of aryl methyl sites for hydroxylation is 1. The van der Waals surface area contributed by atoms with Crippen LogP contribution in [-0.2, 0) is 4.79 Å². The molecule has 0 unspecified atom stereocenters. The van der Waals surface area contributed by atoms with Gasteiger partial charge in [-0.3, -0.25) is 9.59 Å². The molecule has 0 aliphatic heterocycles. The van der Waals surface area contributed by atoms with Gasteiger partial charge in [0.25, 0.3) is 0 Å². The van der Waals surface area contributed by atoms with Crippen LogP contribution in [-0.4, -0.2) is 34.9 Å². The van der Waals surface area contributed by atoms with Gasteiger partial charge in [0.2, 0.25) is 11.8 Å². The van der Waals surface area contributed by atoms with E-state index in [2.05, 4.69) is 17.2 Å². The first-order valence-electron chi connectivity index (χ1n) is 12.1. The van der Waals surface area contributed by atoms with Gasteiger partial charge in [0.05, 0.1) is 11.8 Å². The monoisotopic (exact) mass is 522 g/mol. The van der Waals surface area contributed by atoms with Crippen molar-refractivity contribution in [1.82, 2.24) is 10.3 Å². The fourth-order valence-electron chi connectivity index (χ4n) is 3.77. The van der Waals surface area contributed by atoms with E-state index in [-0.39, 0.29) is 23.1 Å². The van der Waals surface area contributed by atoms with Gasteiger partial charge >= 0.3 is 0 Å². The largest absolute Gasteiger partial charge is 0.438 e. The van der Waals surface area contributed by atoms with Gasteiger partial charge in [0, 0.05) is 23.2 Å². The summed E-state index contributed by atoms with van der Waals surface area (Å²) in [7, 11) is 0. The number of nitrogens with zero attached hydrogens (tertiary/aromatic N) is 1. The van der Waals surface area contributed by atoms with Gasteiger partial charge in [0.1, 0.15) is 11.6 Å². The van der Waals surface area contributed by atoms with Gasteiger partial charge < -0.3 is 10.1 Å². The molecule has 1 fully saturated rings. The average molecular weight is 523 g/mol. The third-order valence-electron chi connectivity index (χ3n) is 5.97. The van der Waals surface area contributed by atoms with Crippen LogP contribution in [0.15, 0.2) is 35.4 Å². The van der Waals surface area contributed by atoms with Gasteiger partial charge in [-0.05, 0) is 88.3 Å². The lowest BCUT2D eigenvalue weighted by Crippen LogP contribution is -2.37. The molecule has 1 amide bonds. The van der Waals surface area contributed by atoms with Crippen molar-refractivity contribution in [3.05, 3.63) is 47.4 Å². The summed E-state index contributed by atoms with van der Waals surface area (Å²) < 4.78 is 18.9. The van der Waals surface area contributed by atoms with E-state index in [0.29, 0.717) is 24.1 Å². The number of thioether (sulfide) groups is 1. The second kappa shape index (κ2) is 15.1. The molecule has 3 rings (SSSR count). The number of amides is 1. The molecule has 1 aromatic heterocycles. The molecule has 0 radical (unpaired) electrons. The second-order valence-electron chi connectivity index (χ2n) is 8.97. The van der Waals surface area contributed by atoms with Crippen molar-refractivity contribution in [2.75, 3.05) is 12.1 Å². The number of rotatable bonds is 9. The number of Topliss-reactive ketones (excluding diaryl/α,β-unsaturated/α-hetero) is 1. The SMILES string of the molecule is CC1CCC(NC(=O)CCCCCl)CC1.CSc1ccc(C)c(Oc2ncc(F)cc2C(C)=O)c1. The number of benzene rings is 1. The predicted octanol–water partition coefficient (Wildman–Crippen LogP) is 7.34. The highest BCUT2D eigenvalue weighted by Gasteiger charge is 2.19. The van der Waals surface area contributed by atoms with E-state index in [1.165, 1.54) is 19.8 Å². The Bertz CT molecular complexity index is 981. The van der Waals surface area contributed by atoms with Gasteiger partial charge in [-0.2, -0.15) is 0 Å². The molecule has 35 heavy (non-hydrogen) atoms. The molecule has 8 heteroatoms. The summed E-state index contributed by atoms with van der Waals surface area (Å²) in [4.78, 5) is 27.9. The number of alkyl halides is 1. The van der Waals surface area contributed by atoms with Crippen molar-refractivity contribution in [2.45, 2.75) is 76.7 Å². The molecule has 1 aliphatic rings. The Morgan fingerprint density at radius 1 is 1.20 bits per heavy atom. The fraction of sp³-hybridized carbons (Fsp3) is 0.519. The highest BCUT2D eigenvalue weighted by Crippen LogP contribution is 2.30. The summed E-state index contributed by atoms with van der Waals surface area (Å²) in [5.74, 6) is 1.60. The number of hydrogen-bond acceptors (Lipinski definition) is 5. The van der Waals surface area contributed by atoms with E-state index < -0.39 is 5.82 Å². The Labute approximate surface area is 217 Å². The Morgan fingerprint density at radius 2 is 1.91 bits per heavy atom. The van der Waals surface area contributed by atoms with Crippen molar-refractivity contribution in [3.8, 4) is 11.6 Å². The zero-order chi connectivity index (χ0) is 25.8. The number of carbonyl (C=O) groups is 2. The number of hydrogen-bond donors (Lipinski definition) is 1. The molecular formula is C27H36ClFN2O3S. The zero-order valence-electron chi connectivity index (χ0n) is 21.0. The molecule has 1 N–H and O–H groups in total. The van der Waals surface area contributed by atoms with Crippen LogP contribution in [0.4, 0.5) is 4.39 Å². The lowest BCUT2D eigenvalue weighted by molar-refractivity contribution is -0.122. The number of aromatic nitrogens is 1. The maximum absolute atomic E-state index is 13.2. The quantitative estimate of drug-likeness (QED) is 0.161. The lowest BCUT2D eigenvalue weighted by Gasteiger charge is -2.26. The molecular weight excluding hydrogens is 487 g/mol. The van der Waals surface area contributed by atoms with E-state index in [0.717, 1.165) is 54.3 Å². The molecule has 0 spiro atoms. The minimum Gasteiger partial charge on any atom is -0.438 e. The first-order chi connectivity index (χ1) is 16.7. The number of ether oxygens (including phenoxy) is 1. The molecule has 192 valence electrons. The van der Waals surface area contributed by atoms with Gasteiger partial charge in [-0.15, -0.1) is 23.4 Å². The van der Waals surface area contributed by atoms with Gasteiger partial charge in [-0.1, -0.05) is 13.0 Å².